The molecule has 230 valence electrons. The molecular formula is C36H34N2O7. The first-order chi connectivity index (χ1) is 21.9. The molecule has 45 heavy (non-hydrogen) atoms. The molecule has 0 saturated carbocycles. The van der Waals surface area contributed by atoms with E-state index < -0.39 is 10.7 Å². The highest BCUT2D eigenvalue weighted by atomic mass is 16.7. The number of aliphatic imine (C=N–C) groups is 1. The Balaban J connectivity index is 1.35. The van der Waals surface area contributed by atoms with Gasteiger partial charge in [0.25, 0.3) is 0 Å². The molecule has 0 amide bonds. The van der Waals surface area contributed by atoms with E-state index in [2.05, 4.69) is 0 Å². The first kappa shape index (κ1) is 27.8. The first-order valence-corrected chi connectivity index (χ1v) is 15.3. The monoisotopic (exact) mass is 606 g/mol. The zero-order valence-electron chi connectivity index (χ0n) is 25.6. The molecule has 4 aromatic rings. The summed E-state index contributed by atoms with van der Waals surface area (Å²) in [5, 5.41) is 14.2. The Kier molecular flexibility index (Phi) is 6.62. The Morgan fingerprint density at radius 1 is 0.800 bits per heavy atom. The molecule has 5 aliphatic rings. The lowest BCUT2D eigenvalue weighted by Gasteiger charge is -2.49. The third kappa shape index (κ3) is 4.83. The van der Waals surface area contributed by atoms with E-state index in [4.69, 9.17) is 33.4 Å². The topological polar surface area (TPSA) is 90.8 Å². The van der Waals surface area contributed by atoms with Gasteiger partial charge in [0, 0.05) is 37.1 Å². The second kappa shape index (κ2) is 10.7. The van der Waals surface area contributed by atoms with Gasteiger partial charge < -0.3 is 38.3 Å². The van der Waals surface area contributed by atoms with E-state index in [1.807, 2.05) is 60.7 Å². The number of fused-ring (bicyclic) bond motifs is 3. The first-order valence-electron chi connectivity index (χ1n) is 15.3. The fourth-order valence-electron chi connectivity index (χ4n) is 6.94. The molecule has 5 heterocycles. The molecule has 0 N–H and O–H groups in total. The van der Waals surface area contributed by atoms with Crippen molar-refractivity contribution in [3.05, 3.63) is 99.3 Å². The van der Waals surface area contributed by atoms with E-state index in [0.717, 1.165) is 45.5 Å². The molecule has 4 aromatic carbocycles. The molecule has 0 unspecified atom stereocenters. The Hall–Kier alpha value is -4.73. The normalized spacial score (nSPS) is 21.0. The van der Waals surface area contributed by atoms with Crippen molar-refractivity contribution in [3.63, 3.8) is 0 Å². The van der Waals surface area contributed by atoms with Crippen LogP contribution in [0.1, 0.15) is 39.4 Å². The van der Waals surface area contributed by atoms with Crippen molar-refractivity contribution < 1.29 is 33.1 Å². The van der Waals surface area contributed by atoms with Crippen molar-refractivity contribution in [1.82, 2.24) is 0 Å². The number of rotatable bonds is 2. The number of quaternary nitrogens is 1. The second-order valence-electron chi connectivity index (χ2n) is 12.1. The van der Waals surface area contributed by atoms with Crippen LogP contribution in [0.5, 0.6) is 46.0 Å². The maximum atomic E-state index is 14.2. The van der Waals surface area contributed by atoms with Crippen LogP contribution in [0.15, 0.2) is 65.7 Å². The fourth-order valence-corrected chi connectivity index (χ4v) is 6.94. The number of benzene rings is 4. The molecule has 9 nitrogen and oxygen atoms in total. The number of hydrogen-bond donors (Lipinski definition) is 0. The number of ether oxygens (including phenoxy) is 6. The molecule has 9 rings (SSSR count). The molecule has 0 fully saturated rings. The summed E-state index contributed by atoms with van der Waals surface area (Å²) in [6.45, 7) is 1.21. The van der Waals surface area contributed by atoms with Crippen LogP contribution in [0.3, 0.4) is 0 Å². The van der Waals surface area contributed by atoms with Gasteiger partial charge in [0.2, 0.25) is 12.5 Å². The Morgan fingerprint density at radius 2 is 1.60 bits per heavy atom. The molecule has 0 aromatic heterocycles. The number of hydroxylamine groups is 3. The lowest BCUT2D eigenvalue weighted by Crippen LogP contribution is -2.47. The van der Waals surface area contributed by atoms with Gasteiger partial charge in [-0.15, -0.1) is 0 Å². The minimum atomic E-state index is -0.443. The second-order valence-corrected chi connectivity index (χ2v) is 12.1. The van der Waals surface area contributed by atoms with Gasteiger partial charge in [-0.05, 0) is 71.1 Å². The van der Waals surface area contributed by atoms with Crippen LogP contribution in [0, 0.1) is 5.21 Å². The van der Waals surface area contributed by atoms with E-state index in [0.29, 0.717) is 78.3 Å². The van der Waals surface area contributed by atoms with Gasteiger partial charge in [-0.3, -0.25) is 4.99 Å². The average molecular weight is 607 g/mol. The molecule has 6 bridgehead atoms. The average Bonchev–Trinajstić information content (AvgIpc) is 3.52. The highest BCUT2D eigenvalue weighted by molar-refractivity contribution is 6.04. The fraction of sp³-hybridized carbons (Fsp3) is 0.306. The maximum Gasteiger partial charge on any atom is 0.231 e. The quantitative estimate of drug-likeness (QED) is 0.185. The summed E-state index contributed by atoms with van der Waals surface area (Å²) in [5.74, 6) is 4.75. The minimum absolute atomic E-state index is 0.0895. The summed E-state index contributed by atoms with van der Waals surface area (Å²) in [5.41, 5.74) is 7.03. The molecule has 0 spiro atoms. The number of hydrogen-bond acceptors (Lipinski definition) is 8. The molecular weight excluding hydrogens is 572 g/mol. The van der Waals surface area contributed by atoms with Gasteiger partial charge in [0.15, 0.2) is 34.5 Å². The summed E-state index contributed by atoms with van der Waals surface area (Å²) < 4.78 is 36.2. The summed E-state index contributed by atoms with van der Waals surface area (Å²) >= 11 is 0. The zero-order chi connectivity index (χ0) is 30.7. The van der Waals surface area contributed by atoms with Crippen LogP contribution in [0.2, 0.25) is 0 Å². The van der Waals surface area contributed by atoms with Crippen molar-refractivity contribution >= 4 is 5.71 Å². The Bertz CT molecular complexity index is 1850. The van der Waals surface area contributed by atoms with Gasteiger partial charge in [-0.25, -0.2) is 0 Å². The number of methoxy groups -OCH3 is 2. The highest BCUT2D eigenvalue weighted by Gasteiger charge is 2.40. The van der Waals surface area contributed by atoms with Gasteiger partial charge in [-0.2, -0.15) is 0 Å². The molecule has 0 saturated heterocycles. The van der Waals surface area contributed by atoms with Gasteiger partial charge in [0.1, 0.15) is 11.8 Å². The van der Waals surface area contributed by atoms with E-state index in [-0.39, 0.29) is 6.79 Å². The zero-order valence-corrected chi connectivity index (χ0v) is 25.6. The van der Waals surface area contributed by atoms with Crippen molar-refractivity contribution in [2.45, 2.75) is 31.7 Å². The predicted octanol–water partition coefficient (Wildman–Crippen LogP) is 6.70. The van der Waals surface area contributed by atoms with E-state index >= 15 is 0 Å². The Labute approximate surface area is 261 Å². The van der Waals surface area contributed by atoms with Crippen LogP contribution < -0.4 is 28.4 Å². The minimum Gasteiger partial charge on any atom is -0.633 e. The third-order valence-corrected chi connectivity index (χ3v) is 9.34. The van der Waals surface area contributed by atoms with Gasteiger partial charge in [-0.1, -0.05) is 18.2 Å². The molecule has 2 atom stereocenters. The maximum absolute atomic E-state index is 14.2. The lowest BCUT2D eigenvalue weighted by molar-refractivity contribution is -0.894. The lowest BCUT2D eigenvalue weighted by atomic mass is 9.87. The van der Waals surface area contributed by atoms with Crippen molar-refractivity contribution in [3.8, 4) is 46.0 Å². The van der Waals surface area contributed by atoms with Crippen molar-refractivity contribution in [1.29, 1.82) is 0 Å². The summed E-state index contributed by atoms with van der Waals surface area (Å²) in [6.07, 6.45) is 2.49. The number of likely N-dealkylation sites (N-methyl/N-ethyl adjacent to an activating group) is 1. The molecule has 5 aliphatic heterocycles. The Morgan fingerprint density at radius 3 is 2.42 bits per heavy atom. The van der Waals surface area contributed by atoms with E-state index in [1.54, 1.807) is 21.3 Å². The molecule has 0 radical (unpaired) electrons. The summed E-state index contributed by atoms with van der Waals surface area (Å²) in [6, 6.07) is 19.5. The molecule has 0 aliphatic carbocycles. The van der Waals surface area contributed by atoms with Crippen LogP contribution >= 0.6 is 0 Å². The predicted molar refractivity (Wildman–Crippen MR) is 169 cm³/mol. The van der Waals surface area contributed by atoms with Crippen LogP contribution in [0.4, 0.5) is 0 Å². The van der Waals surface area contributed by atoms with E-state index in [9.17, 15) is 5.21 Å². The van der Waals surface area contributed by atoms with Crippen molar-refractivity contribution in [2.24, 2.45) is 4.99 Å². The van der Waals surface area contributed by atoms with Crippen LogP contribution in [-0.2, 0) is 25.7 Å². The van der Waals surface area contributed by atoms with Gasteiger partial charge in [0.05, 0.1) is 33.4 Å². The van der Waals surface area contributed by atoms with E-state index in [1.165, 1.54) is 0 Å². The van der Waals surface area contributed by atoms with Gasteiger partial charge >= 0.3 is 0 Å². The SMILES string of the molecule is COc1ccc2cc1Oc1ccc(cc1)C[C@H]1c3c(cc4c(c3Oc3cc5c(cc3OC)CCN=C5C2)OCO4)CC[N@@+]1(C)[O-]. The standard InChI is InChI=1S/C36H34N2O7/c1-38(39)13-11-24-18-33-35(43-20-42-33)36-34(24)28(38)15-21-4-7-25(8-5-21)44-31-16-22(6-9-29(31)40-2)14-27-26-19-32(45-36)30(41-3)17-23(26)10-12-37-27/h4-9,16-19,28H,10-15,20H2,1-3H3/t28-,38+/m0/s1. The van der Waals surface area contributed by atoms with Crippen LogP contribution in [0.25, 0.3) is 0 Å². The van der Waals surface area contributed by atoms with Crippen LogP contribution in [-0.4, -0.2) is 51.5 Å². The molecule has 9 heteroatoms. The highest BCUT2D eigenvalue weighted by Crippen LogP contribution is 2.54. The third-order valence-electron chi connectivity index (χ3n) is 9.34. The largest absolute Gasteiger partial charge is 0.633 e. The number of nitrogens with zero attached hydrogens (tertiary/aromatic N) is 2. The summed E-state index contributed by atoms with van der Waals surface area (Å²) in [4.78, 5) is 4.95. The van der Waals surface area contributed by atoms with Crippen molar-refractivity contribution in [2.75, 3.05) is 41.1 Å². The summed E-state index contributed by atoms with van der Waals surface area (Å²) in [7, 11) is 5.03. The smallest absolute Gasteiger partial charge is 0.231 e.